The Morgan fingerprint density at radius 2 is 0.543 bits per heavy atom. The van der Waals surface area contributed by atoms with Gasteiger partial charge in [0, 0.05) is 5.41 Å². The van der Waals surface area contributed by atoms with Gasteiger partial charge in [-0.2, -0.15) is 0 Å². The van der Waals surface area contributed by atoms with Gasteiger partial charge >= 0.3 is 0 Å². The highest BCUT2D eigenvalue weighted by atomic mass is 14.5. The first kappa shape index (κ1) is 29.7. The van der Waals surface area contributed by atoms with Gasteiger partial charge in [-0.25, -0.2) is 0 Å². The molecule has 2 aromatic rings. The SMILES string of the molecule is CC(C)(C)c1c(C(C)(C)C)c(C(C)(C)C)c(C(C)(C)c2ccccc2)c(C(C)(C)C)c1C(C)(C)C. The van der Waals surface area contributed by atoms with Crippen molar-refractivity contribution in [2.45, 2.75) is 150 Å². The van der Waals surface area contributed by atoms with Crippen LogP contribution in [0, 0.1) is 0 Å². The second-order valence-corrected chi connectivity index (χ2v) is 16.5. The summed E-state index contributed by atoms with van der Waals surface area (Å²) in [6.45, 7) is 41.3. The van der Waals surface area contributed by atoms with Crippen LogP contribution in [-0.2, 0) is 32.5 Å². The minimum atomic E-state index is -0.136. The molecule has 0 saturated heterocycles. The molecule has 0 fully saturated rings. The van der Waals surface area contributed by atoms with Gasteiger partial charge in [0.25, 0.3) is 0 Å². The van der Waals surface area contributed by atoms with Crippen molar-refractivity contribution in [3.05, 3.63) is 69.3 Å². The Bertz CT molecular complexity index is 988. The maximum atomic E-state index is 2.46. The molecule has 196 valence electrons. The van der Waals surface area contributed by atoms with E-state index in [2.05, 4.69) is 148 Å². The van der Waals surface area contributed by atoms with E-state index in [1.807, 2.05) is 0 Å². The maximum absolute atomic E-state index is 2.46. The summed E-state index contributed by atoms with van der Waals surface area (Å²) in [6.07, 6.45) is 0. The Kier molecular flexibility index (Phi) is 7.44. The van der Waals surface area contributed by atoms with Crippen LogP contribution < -0.4 is 0 Å². The second kappa shape index (κ2) is 8.78. The summed E-state index contributed by atoms with van der Waals surface area (Å²) in [5, 5.41) is 0. The van der Waals surface area contributed by atoms with E-state index >= 15 is 0 Å². The van der Waals surface area contributed by atoms with Crippen LogP contribution in [-0.4, -0.2) is 0 Å². The van der Waals surface area contributed by atoms with Crippen LogP contribution in [0.2, 0.25) is 0 Å². The van der Waals surface area contributed by atoms with Crippen LogP contribution >= 0.6 is 0 Å². The predicted molar refractivity (Wildman–Crippen MR) is 159 cm³/mol. The molecule has 0 saturated carbocycles. The maximum Gasteiger partial charge on any atom is 0.0152 e. The lowest BCUT2D eigenvalue weighted by atomic mass is 9.55. The Labute approximate surface area is 219 Å². The lowest BCUT2D eigenvalue weighted by Crippen LogP contribution is -2.40. The molecule has 0 unspecified atom stereocenters. The summed E-state index contributed by atoms with van der Waals surface area (Å²) in [6, 6.07) is 11.2. The number of hydrogen-bond acceptors (Lipinski definition) is 0. The fraction of sp³-hybridized carbons (Fsp3) is 0.657. The van der Waals surface area contributed by atoms with Gasteiger partial charge in [-0.1, -0.05) is 148 Å². The Morgan fingerprint density at radius 3 is 0.771 bits per heavy atom. The lowest BCUT2D eigenvalue weighted by molar-refractivity contribution is 0.441. The highest BCUT2D eigenvalue weighted by Crippen LogP contribution is 2.54. The third-order valence-corrected chi connectivity index (χ3v) is 7.37. The predicted octanol–water partition coefficient (Wildman–Crippen LogP) is 10.5. The molecule has 0 radical (unpaired) electrons. The van der Waals surface area contributed by atoms with E-state index in [0.717, 1.165) is 0 Å². The van der Waals surface area contributed by atoms with Crippen LogP contribution in [0.25, 0.3) is 0 Å². The molecule has 0 heterocycles. The largest absolute Gasteiger partial charge is 0.0622 e. The molecule has 0 amide bonds. The van der Waals surface area contributed by atoms with E-state index < -0.39 is 0 Å². The Morgan fingerprint density at radius 1 is 0.314 bits per heavy atom. The van der Waals surface area contributed by atoms with Gasteiger partial charge in [0.15, 0.2) is 0 Å². The molecule has 0 spiro atoms. The van der Waals surface area contributed by atoms with Crippen molar-refractivity contribution in [3.8, 4) is 0 Å². The van der Waals surface area contributed by atoms with Crippen molar-refractivity contribution in [2.24, 2.45) is 0 Å². The molecule has 0 aliphatic heterocycles. The Hall–Kier alpha value is -1.56. The standard InChI is InChI=1S/C35H56/c1-30(2,3)24-25(31(4,5)6)27(33(10,11)12)29(35(16,17)23-21-19-18-20-22-23)28(34(13,14)15)26(24)32(7,8)9/h18-22H,1-17H3. The smallest absolute Gasteiger partial charge is 0.0152 e. The van der Waals surface area contributed by atoms with E-state index in [4.69, 9.17) is 0 Å². The second-order valence-electron chi connectivity index (χ2n) is 16.5. The van der Waals surface area contributed by atoms with Crippen molar-refractivity contribution in [1.82, 2.24) is 0 Å². The van der Waals surface area contributed by atoms with Crippen LogP contribution in [0.3, 0.4) is 0 Å². The highest BCUT2D eigenvalue weighted by molar-refractivity contribution is 5.65. The van der Waals surface area contributed by atoms with Gasteiger partial charge in [0.05, 0.1) is 0 Å². The van der Waals surface area contributed by atoms with Crippen LogP contribution in [0.1, 0.15) is 157 Å². The number of benzene rings is 2. The first-order chi connectivity index (χ1) is 15.3. The van der Waals surface area contributed by atoms with Crippen LogP contribution in [0.5, 0.6) is 0 Å². The molecule has 0 atom stereocenters. The first-order valence-corrected chi connectivity index (χ1v) is 13.7. The quantitative estimate of drug-likeness (QED) is 0.404. The molecule has 35 heavy (non-hydrogen) atoms. The van der Waals surface area contributed by atoms with Crippen molar-refractivity contribution in [2.75, 3.05) is 0 Å². The van der Waals surface area contributed by atoms with Gasteiger partial charge in [-0.3, -0.25) is 0 Å². The molecule has 0 N–H and O–H groups in total. The normalized spacial score (nSPS) is 14.4. The monoisotopic (exact) mass is 476 g/mol. The number of hydrogen-bond donors (Lipinski definition) is 0. The molecule has 0 aliphatic rings. The zero-order chi connectivity index (χ0) is 27.6. The molecule has 0 aliphatic carbocycles. The minimum absolute atomic E-state index is 0.000408. The summed E-state index contributed by atoms with van der Waals surface area (Å²) in [7, 11) is 0. The van der Waals surface area contributed by atoms with E-state index in [0.29, 0.717) is 0 Å². The van der Waals surface area contributed by atoms with Crippen LogP contribution in [0.15, 0.2) is 30.3 Å². The number of rotatable bonds is 2. The zero-order valence-electron chi connectivity index (χ0n) is 26.4. The summed E-state index contributed by atoms with van der Waals surface area (Å²) in [4.78, 5) is 0. The topological polar surface area (TPSA) is 0 Å². The lowest BCUT2D eigenvalue weighted by Gasteiger charge is -2.49. The first-order valence-electron chi connectivity index (χ1n) is 13.7. The third kappa shape index (κ3) is 5.73. The van der Waals surface area contributed by atoms with Gasteiger partial charge in [-0.15, -0.1) is 0 Å². The molecule has 2 rings (SSSR count). The van der Waals surface area contributed by atoms with Crippen molar-refractivity contribution in [1.29, 1.82) is 0 Å². The van der Waals surface area contributed by atoms with Crippen molar-refractivity contribution in [3.63, 3.8) is 0 Å². The van der Waals surface area contributed by atoms with Gasteiger partial charge in [-0.05, 0) is 66.0 Å². The Balaban J connectivity index is 3.55. The molecule has 0 aromatic heterocycles. The fourth-order valence-corrected chi connectivity index (χ4v) is 6.12. The van der Waals surface area contributed by atoms with Gasteiger partial charge < -0.3 is 0 Å². The summed E-state index contributed by atoms with van der Waals surface area (Å²) >= 11 is 0. The van der Waals surface area contributed by atoms with E-state index in [1.54, 1.807) is 33.4 Å². The summed E-state index contributed by atoms with van der Waals surface area (Å²) in [5.41, 5.74) is 10.7. The summed E-state index contributed by atoms with van der Waals surface area (Å²) in [5.74, 6) is 0. The molecule has 2 aromatic carbocycles. The van der Waals surface area contributed by atoms with Crippen molar-refractivity contribution >= 4 is 0 Å². The average molecular weight is 477 g/mol. The molecule has 0 nitrogen and oxygen atoms in total. The summed E-state index contributed by atoms with van der Waals surface area (Å²) < 4.78 is 0. The fourth-order valence-electron chi connectivity index (χ4n) is 6.12. The van der Waals surface area contributed by atoms with Crippen LogP contribution in [0.4, 0.5) is 0 Å². The zero-order valence-corrected chi connectivity index (χ0v) is 26.4. The van der Waals surface area contributed by atoms with E-state index in [1.165, 1.54) is 5.56 Å². The van der Waals surface area contributed by atoms with Gasteiger partial charge in [0.2, 0.25) is 0 Å². The van der Waals surface area contributed by atoms with Gasteiger partial charge in [0.1, 0.15) is 0 Å². The molecular formula is C35H56. The average Bonchev–Trinajstić information content (AvgIpc) is 2.62. The van der Waals surface area contributed by atoms with E-state index in [-0.39, 0.29) is 32.5 Å². The third-order valence-electron chi connectivity index (χ3n) is 7.37. The molecular weight excluding hydrogens is 420 g/mol. The van der Waals surface area contributed by atoms with E-state index in [9.17, 15) is 0 Å². The molecule has 0 heteroatoms. The van der Waals surface area contributed by atoms with Crippen molar-refractivity contribution < 1.29 is 0 Å². The molecule has 0 bridgehead atoms. The minimum Gasteiger partial charge on any atom is -0.0622 e. The highest BCUT2D eigenvalue weighted by Gasteiger charge is 2.45.